The zero-order chi connectivity index (χ0) is 22.3. The molecule has 0 spiro atoms. The summed E-state index contributed by atoms with van der Waals surface area (Å²) in [6.45, 7) is 6.63. The van der Waals surface area contributed by atoms with Gasteiger partial charge in [0.1, 0.15) is 0 Å². The van der Waals surface area contributed by atoms with Crippen molar-refractivity contribution in [2.24, 2.45) is 5.92 Å². The molecule has 3 nitrogen and oxygen atoms in total. The van der Waals surface area contributed by atoms with Crippen molar-refractivity contribution in [1.29, 1.82) is 0 Å². The molecule has 1 heterocycles. The van der Waals surface area contributed by atoms with E-state index in [-0.39, 0.29) is 11.9 Å². The Balaban J connectivity index is 1.31. The number of piperidine rings is 1. The number of nitrogens with zero attached hydrogens (tertiary/aromatic N) is 1. The number of carbonyl (C=O) groups is 1. The smallest absolute Gasteiger partial charge is 0.251 e. The maximum Gasteiger partial charge on any atom is 0.251 e. The first-order valence-corrected chi connectivity index (χ1v) is 12.5. The Hall–Kier alpha value is -2.72. The number of amides is 1. The maximum atomic E-state index is 12.7. The van der Waals surface area contributed by atoms with Crippen molar-refractivity contribution in [3.8, 4) is 0 Å². The van der Waals surface area contributed by atoms with E-state index in [9.17, 15) is 4.79 Å². The Labute approximate surface area is 196 Å². The molecule has 1 fully saturated rings. The monoisotopic (exact) mass is 444 g/mol. The van der Waals surface area contributed by atoms with Crippen molar-refractivity contribution < 1.29 is 4.79 Å². The molecule has 1 N–H and O–H groups in total. The van der Waals surface area contributed by atoms with Crippen molar-refractivity contribution in [1.82, 2.24) is 5.32 Å². The minimum atomic E-state index is -0.0369. The van der Waals surface area contributed by atoms with E-state index in [0.717, 1.165) is 30.3 Å². The first kappa shape index (κ1) is 22.5. The molecule has 166 valence electrons. The van der Waals surface area contributed by atoms with E-state index in [1.807, 2.05) is 37.3 Å². The van der Waals surface area contributed by atoms with Gasteiger partial charge >= 0.3 is 0 Å². The highest BCUT2D eigenvalue weighted by Gasteiger charge is 2.17. The molecule has 0 aromatic heterocycles. The molecule has 1 saturated heterocycles. The highest BCUT2D eigenvalue weighted by atomic mass is 32.2. The van der Waals surface area contributed by atoms with E-state index >= 15 is 0 Å². The summed E-state index contributed by atoms with van der Waals surface area (Å²) in [5.74, 6) is 1.61. The van der Waals surface area contributed by atoms with Gasteiger partial charge in [-0.25, -0.2) is 0 Å². The minimum absolute atomic E-state index is 0.0336. The quantitative estimate of drug-likeness (QED) is 0.411. The molecule has 0 unspecified atom stereocenters. The average molecular weight is 445 g/mol. The summed E-state index contributed by atoms with van der Waals surface area (Å²) in [5, 5.41) is 3.14. The van der Waals surface area contributed by atoms with Crippen LogP contribution in [0, 0.1) is 5.92 Å². The van der Waals surface area contributed by atoms with Crippen LogP contribution in [0.15, 0.2) is 83.8 Å². The molecule has 0 radical (unpaired) electrons. The van der Waals surface area contributed by atoms with Crippen LogP contribution in [-0.4, -0.2) is 19.0 Å². The third kappa shape index (κ3) is 5.95. The molecule has 0 saturated carbocycles. The summed E-state index contributed by atoms with van der Waals surface area (Å²) in [6, 6.07) is 26.9. The number of carbonyl (C=O) groups excluding carboxylic acids is 1. The highest BCUT2D eigenvalue weighted by molar-refractivity contribution is 7.98. The van der Waals surface area contributed by atoms with Crippen molar-refractivity contribution in [2.75, 3.05) is 18.0 Å². The molecule has 0 bridgehead atoms. The molecule has 2 atom stereocenters. The zero-order valence-electron chi connectivity index (χ0n) is 19.0. The first-order chi connectivity index (χ1) is 15.6. The third-order valence-electron chi connectivity index (χ3n) is 6.13. The number of rotatable bonds is 7. The second-order valence-corrected chi connectivity index (χ2v) is 9.83. The second kappa shape index (κ2) is 10.7. The van der Waals surface area contributed by atoms with Gasteiger partial charge in [0, 0.05) is 35.0 Å². The molecule has 1 aliphatic heterocycles. The lowest BCUT2D eigenvalue weighted by atomic mass is 9.99. The fraction of sp³-hybridized carbons (Fsp3) is 0.321. The van der Waals surface area contributed by atoms with Gasteiger partial charge < -0.3 is 10.2 Å². The van der Waals surface area contributed by atoms with E-state index in [4.69, 9.17) is 0 Å². The van der Waals surface area contributed by atoms with Crippen LogP contribution in [-0.2, 0) is 5.75 Å². The lowest BCUT2D eigenvalue weighted by Gasteiger charge is -2.33. The van der Waals surface area contributed by atoms with Gasteiger partial charge in [0.2, 0.25) is 0 Å². The van der Waals surface area contributed by atoms with Crippen molar-refractivity contribution in [2.45, 2.75) is 43.4 Å². The summed E-state index contributed by atoms with van der Waals surface area (Å²) in [5.41, 5.74) is 4.32. The van der Waals surface area contributed by atoms with Crippen molar-refractivity contribution >= 4 is 23.4 Å². The summed E-state index contributed by atoms with van der Waals surface area (Å²) in [7, 11) is 0. The standard InChI is InChI=1S/C28H32N2OS/c1-21-7-6-18-30(19-21)26-16-14-24(15-17-26)22(2)29-28(31)25-12-10-23(11-13-25)20-32-27-8-4-3-5-9-27/h3-5,8-17,21-22H,6-7,18-20H2,1-2H3,(H,29,31)/t21-,22-/m0/s1. The van der Waals surface area contributed by atoms with Crippen molar-refractivity contribution in [3.63, 3.8) is 0 Å². The van der Waals surface area contributed by atoms with Gasteiger partial charge in [-0.2, -0.15) is 0 Å². The fourth-order valence-corrected chi connectivity index (χ4v) is 5.07. The predicted octanol–water partition coefficient (Wildman–Crippen LogP) is 6.71. The highest BCUT2D eigenvalue weighted by Crippen LogP contribution is 2.25. The molecule has 3 aromatic rings. The molecule has 1 aliphatic rings. The summed E-state index contributed by atoms with van der Waals surface area (Å²) < 4.78 is 0. The topological polar surface area (TPSA) is 32.3 Å². The Kier molecular flexibility index (Phi) is 7.54. The van der Waals surface area contributed by atoms with Crippen molar-refractivity contribution in [3.05, 3.63) is 95.6 Å². The van der Waals surface area contributed by atoms with Crippen LogP contribution in [0.25, 0.3) is 0 Å². The predicted molar refractivity (Wildman–Crippen MR) is 135 cm³/mol. The van der Waals surface area contributed by atoms with Crippen LogP contribution in [0.2, 0.25) is 0 Å². The molecular weight excluding hydrogens is 412 g/mol. The number of hydrogen-bond donors (Lipinski definition) is 1. The molecule has 32 heavy (non-hydrogen) atoms. The first-order valence-electron chi connectivity index (χ1n) is 11.5. The number of benzene rings is 3. The van der Waals surface area contributed by atoms with Gasteiger partial charge in [0.25, 0.3) is 5.91 Å². The number of anilines is 1. The number of thioether (sulfide) groups is 1. The van der Waals surface area contributed by atoms with Crippen LogP contribution in [0.3, 0.4) is 0 Å². The molecule has 1 amide bonds. The normalized spacial score (nSPS) is 17.1. The van der Waals surface area contributed by atoms with Gasteiger partial charge in [-0.1, -0.05) is 49.4 Å². The molecule has 4 rings (SSSR count). The van der Waals surface area contributed by atoms with Crippen LogP contribution in [0.5, 0.6) is 0 Å². The van der Waals surface area contributed by atoms with E-state index in [2.05, 4.69) is 65.7 Å². The number of nitrogens with one attached hydrogen (secondary N) is 1. The lowest BCUT2D eigenvalue weighted by Crippen LogP contribution is -2.34. The third-order valence-corrected chi connectivity index (χ3v) is 7.21. The van der Waals surface area contributed by atoms with Crippen LogP contribution in [0.4, 0.5) is 5.69 Å². The van der Waals surface area contributed by atoms with Gasteiger partial charge in [-0.05, 0) is 73.2 Å². The Bertz CT molecular complexity index is 1000. The van der Waals surface area contributed by atoms with Gasteiger partial charge in [-0.15, -0.1) is 11.8 Å². The molecular formula is C28H32N2OS. The zero-order valence-corrected chi connectivity index (χ0v) is 19.8. The van der Waals surface area contributed by atoms with Gasteiger partial charge in [0.05, 0.1) is 6.04 Å². The van der Waals surface area contributed by atoms with Crippen LogP contribution < -0.4 is 10.2 Å². The van der Waals surface area contributed by atoms with E-state index in [1.165, 1.54) is 29.0 Å². The lowest BCUT2D eigenvalue weighted by molar-refractivity contribution is 0.0940. The van der Waals surface area contributed by atoms with E-state index in [1.54, 1.807) is 11.8 Å². The average Bonchev–Trinajstić information content (AvgIpc) is 2.84. The van der Waals surface area contributed by atoms with E-state index < -0.39 is 0 Å². The summed E-state index contributed by atoms with van der Waals surface area (Å²) in [4.78, 5) is 16.5. The van der Waals surface area contributed by atoms with Crippen LogP contribution in [0.1, 0.15) is 54.2 Å². The largest absolute Gasteiger partial charge is 0.371 e. The van der Waals surface area contributed by atoms with E-state index in [0.29, 0.717) is 5.56 Å². The molecule has 0 aliphatic carbocycles. The second-order valence-electron chi connectivity index (χ2n) is 8.78. The minimum Gasteiger partial charge on any atom is -0.371 e. The maximum absolute atomic E-state index is 12.7. The van der Waals surface area contributed by atoms with Gasteiger partial charge in [0.15, 0.2) is 0 Å². The number of hydrogen-bond acceptors (Lipinski definition) is 3. The van der Waals surface area contributed by atoms with Crippen LogP contribution >= 0.6 is 11.8 Å². The Morgan fingerprint density at radius 1 is 1.03 bits per heavy atom. The molecule has 3 aromatic carbocycles. The SMILES string of the molecule is C[C@H]1CCCN(c2ccc([C@H](C)NC(=O)c3ccc(CSc4ccccc4)cc3)cc2)C1. The summed E-state index contributed by atoms with van der Waals surface area (Å²) >= 11 is 1.80. The Morgan fingerprint density at radius 2 is 1.75 bits per heavy atom. The fourth-order valence-electron chi connectivity index (χ4n) is 4.20. The Morgan fingerprint density at radius 3 is 2.44 bits per heavy atom. The van der Waals surface area contributed by atoms with Gasteiger partial charge in [-0.3, -0.25) is 4.79 Å². The molecule has 4 heteroatoms. The summed E-state index contributed by atoms with van der Waals surface area (Å²) in [6.07, 6.45) is 2.59.